The predicted octanol–water partition coefficient (Wildman–Crippen LogP) is 0.177. The smallest absolute Gasteiger partial charge is 0.164 e. The fraction of sp³-hybridized carbons (Fsp3) is 1.00. The quantitative estimate of drug-likeness (QED) is 0.774. The molecule has 15 heavy (non-hydrogen) atoms. The monoisotopic (exact) mass is 253 g/mol. The number of aliphatic hydroxyl groups is 1. The van der Waals surface area contributed by atoms with Crippen molar-refractivity contribution in [2.24, 2.45) is 0 Å². The van der Waals surface area contributed by atoms with Crippen molar-refractivity contribution in [2.75, 3.05) is 30.9 Å². The maximum Gasteiger partial charge on any atom is 0.164 e. The largest absolute Gasteiger partial charge is 0.392 e. The van der Waals surface area contributed by atoms with Crippen LogP contribution in [0.15, 0.2) is 0 Å². The lowest BCUT2D eigenvalue weighted by molar-refractivity contribution is 0.107. The van der Waals surface area contributed by atoms with Crippen LogP contribution < -0.4 is 0 Å². The third kappa shape index (κ3) is 3.94. The van der Waals surface area contributed by atoms with Crippen LogP contribution in [0.1, 0.15) is 13.3 Å². The summed E-state index contributed by atoms with van der Waals surface area (Å²) < 4.78 is 23.1. The van der Waals surface area contributed by atoms with Crippen molar-refractivity contribution < 1.29 is 13.5 Å². The Balaban J connectivity index is 2.66. The molecule has 90 valence electrons. The van der Waals surface area contributed by atoms with Crippen molar-refractivity contribution in [1.29, 1.82) is 0 Å². The Morgan fingerprint density at radius 1 is 1.60 bits per heavy atom. The minimum absolute atomic E-state index is 0.419. The summed E-state index contributed by atoms with van der Waals surface area (Å²) in [5.41, 5.74) is 0. The van der Waals surface area contributed by atoms with Gasteiger partial charge in [-0.05, 0) is 6.42 Å². The molecule has 0 amide bonds. The van der Waals surface area contributed by atoms with Crippen molar-refractivity contribution in [3.8, 4) is 0 Å². The number of nitrogens with zero attached hydrogens (tertiary/aromatic N) is 1. The molecule has 0 aromatic heterocycles. The van der Waals surface area contributed by atoms with Gasteiger partial charge in [0.1, 0.15) is 5.37 Å². The summed E-state index contributed by atoms with van der Waals surface area (Å²) in [6.45, 7) is 3.12. The minimum atomic E-state index is -3.03. The molecule has 1 heterocycles. The summed E-state index contributed by atoms with van der Waals surface area (Å²) in [7, 11) is -3.03. The second-order valence-corrected chi connectivity index (χ2v) is 7.27. The highest BCUT2D eigenvalue weighted by Gasteiger charge is 2.31. The lowest BCUT2D eigenvalue weighted by Crippen LogP contribution is -2.49. The minimum Gasteiger partial charge on any atom is -0.392 e. The number of thioether (sulfide) groups is 1. The van der Waals surface area contributed by atoms with Gasteiger partial charge in [0.15, 0.2) is 9.84 Å². The van der Waals surface area contributed by atoms with Crippen LogP contribution in [0.4, 0.5) is 0 Å². The number of aliphatic hydroxyl groups excluding tert-OH is 1. The number of rotatable bonds is 4. The first-order valence-corrected chi connectivity index (χ1v) is 8.24. The van der Waals surface area contributed by atoms with E-state index in [4.69, 9.17) is 0 Å². The molecule has 6 heteroatoms. The molecule has 0 aliphatic carbocycles. The summed E-state index contributed by atoms with van der Waals surface area (Å²) in [5, 5.41) is 9.13. The lowest BCUT2D eigenvalue weighted by Gasteiger charge is -2.35. The van der Waals surface area contributed by atoms with Crippen molar-refractivity contribution in [3.63, 3.8) is 0 Å². The molecule has 1 saturated heterocycles. The van der Waals surface area contributed by atoms with E-state index in [-0.39, 0.29) is 0 Å². The molecular formula is C9H19NO3S2. The number of hydrogen-bond donors (Lipinski definition) is 1. The van der Waals surface area contributed by atoms with E-state index in [1.807, 2.05) is 11.8 Å². The van der Waals surface area contributed by atoms with Gasteiger partial charge in [0.25, 0.3) is 0 Å². The molecule has 1 fully saturated rings. The zero-order chi connectivity index (χ0) is 11.5. The second kappa shape index (κ2) is 5.52. The van der Waals surface area contributed by atoms with Gasteiger partial charge >= 0.3 is 0 Å². The fourth-order valence-corrected chi connectivity index (χ4v) is 4.57. The first-order chi connectivity index (χ1) is 6.95. The molecular weight excluding hydrogens is 234 g/mol. The Bertz CT molecular complexity index is 292. The number of β-amino-alcohol motifs (C(OH)–C–C–N with tert-alkyl or cyclic N) is 1. The van der Waals surface area contributed by atoms with E-state index >= 15 is 0 Å². The molecule has 1 N–H and O–H groups in total. The highest BCUT2D eigenvalue weighted by molar-refractivity contribution is 8.00. The van der Waals surface area contributed by atoms with E-state index in [0.717, 1.165) is 12.3 Å². The van der Waals surface area contributed by atoms with Crippen molar-refractivity contribution in [2.45, 2.75) is 24.8 Å². The topological polar surface area (TPSA) is 57.6 Å². The Morgan fingerprint density at radius 2 is 2.27 bits per heavy atom. The summed E-state index contributed by atoms with van der Waals surface area (Å²) in [6, 6.07) is 0. The van der Waals surface area contributed by atoms with E-state index in [9.17, 15) is 13.5 Å². The molecule has 0 saturated carbocycles. The van der Waals surface area contributed by atoms with Gasteiger partial charge in [-0.3, -0.25) is 4.90 Å². The SMILES string of the molecule is CCC(O)CN1CCSCC1S(C)(=O)=O. The average molecular weight is 253 g/mol. The van der Waals surface area contributed by atoms with Crippen LogP contribution in [-0.4, -0.2) is 60.8 Å². The van der Waals surface area contributed by atoms with Gasteiger partial charge < -0.3 is 5.11 Å². The maximum absolute atomic E-state index is 11.5. The number of hydrogen-bond acceptors (Lipinski definition) is 5. The maximum atomic E-state index is 11.5. The molecule has 0 bridgehead atoms. The van der Waals surface area contributed by atoms with Gasteiger partial charge in [0.05, 0.1) is 6.10 Å². The van der Waals surface area contributed by atoms with Crippen molar-refractivity contribution in [3.05, 3.63) is 0 Å². The van der Waals surface area contributed by atoms with Gasteiger partial charge in [0, 0.05) is 30.9 Å². The molecule has 2 unspecified atom stereocenters. The van der Waals surface area contributed by atoms with Crippen LogP contribution >= 0.6 is 11.8 Å². The Labute approximate surface area is 96.0 Å². The van der Waals surface area contributed by atoms with Crippen LogP contribution in [-0.2, 0) is 9.84 Å². The Kier molecular flexibility index (Phi) is 4.89. The predicted molar refractivity (Wildman–Crippen MR) is 63.8 cm³/mol. The van der Waals surface area contributed by atoms with Crippen LogP contribution in [0.3, 0.4) is 0 Å². The molecule has 0 spiro atoms. The third-order valence-corrected chi connectivity index (χ3v) is 5.29. The zero-order valence-corrected chi connectivity index (χ0v) is 10.9. The number of sulfone groups is 1. The van der Waals surface area contributed by atoms with E-state index in [1.54, 1.807) is 11.8 Å². The van der Waals surface area contributed by atoms with Crippen LogP contribution in [0.5, 0.6) is 0 Å². The average Bonchev–Trinajstić information content (AvgIpc) is 2.17. The highest BCUT2D eigenvalue weighted by Crippen LogP contribution is 2.20. The molecule has 4 nitrogen and oxygen atoms in total. The molecule has 0 radical (unpaired) electrons. The van der Waals surface area contributed by atoms with Crippen LogP contribution in [0.25, 0.3) is 0 Å². The molecule has 1 aliphatic rings. The summed E-state index contributed by atoms with van der Waals surface area (Å²) in [4.78, 5) is 1.89. The van der Waals surface area contributed by atoms with Gasteiger partial charge in [-0.2, -0.15) is 11.8 Å². The van der Waals surface area contributed by atoms with Crippen LogP contribution in [0.2, 0.25) is 0 Å². The molecule has 2 atom stereocenters. The third-order valence-electron chi connectivity index (χ3n) is 2.60. The highest BCUT2D eigenvalue weighted by atomic mass is 32.2. The Hall–Kier alpha value is 0.220. The van der Waals surface area contributed by atoms with E-state index in [1.165, 1.54) is 6.26 Å². The van der Waals surface area contributed by atoms with E-state index in [2.05, 4.69) is 0 Å². The standard InChI is InChI=1S/C9H19NO3S2/c1-3-8(11)6-10-4-5-14-7-9(10)15(2,12)13/h8-9,11H,3-7H2,1-2H3. The van der Waals surface area contributed by atoms with Crippen molar-refractivity contribution >= 4 is 21.6 Å². The zero-order valence-electron chi connectivity index (χ0n) is 9.22. The molecule has 1 rings (SSSR count). The summed E-state index contributed by atoms with van der Waals surface area (Å²) in [5.74, 6) is 1.57. The fourth-order valence-electron chi connectivity index (χ4n) is 1.62. The molecule has 0 aromatic carbocycles. The normalized spacial score (nSPS) is 26.5. The first-order valence-electron chi connectivity index (χ1n) is 5.14. The van der Waals surface area contributed by atoms with Gasteiger partial charge in [-0.25, -0.2) is 8.42 Å². The van der Waals surface area contributed by atoms with E-state index < -0.39 is 21.3 Å². The first kappa shape index (κ1) is 13.3. The van der Waals surface area contributed by atoms with Gasteiger partial charge in [-0.15, -0.1) is 0 Å². The second-order valence-electron chi connectivity index (χ2n) is 3.92. The molecule has 0 aromatic rings. The molecule has 1 aliphatic heterocycles. The summed E-state index contributed by atoms with van der Waals surface area (Å²) in [6.07, 6.45) is 1.52. The van der Waals surface area contributed by atoms with Gasteiger partial charge in [-0.1, -0.05) is 6.92 Å². The van der Waals surface area contributed by atoms with Crippen LogP contribution in [0, 0.1) is 0 Å². The van der Waals surface area contributed by atoms with E-state index in [0.29, 0.717) is 18.7 Å². The lowest BCUT2D eigenvalue weighted by atomic mass is 10.2. The Morgan fingerprint density at radius 3 is 2.80 bits per heavy atom. The van der Waals surface area contributed by atoms with Crippen molar-refractivity contribution in [1.82, 2.24) is 4.90 Å². The summed E-state index contributed by atoms with van der Waals surface area (Å²) >= 11 is 1.67. The van der Waals surface area contributed by atoms with Gasteiger partial charge in [0.2, 0.25) is 0 Å².